The van der Waals surface area contributed by atoms with E-state index in [4.69, 9.17) is 4.74 Å². The lowest BCUT2D eigenvalue weighted by atomic mass is 10.0. The summed E-state index contributed by atoms with van der Waals surface area (Å²) >= 11 is 0. The van der Waals surface area contributed by atoms with Gasteiger partial charge in [0.2, 0.25) is 0 Å². The Morgan fingerprint density at radius 2 is 2.13 bits per heavy atom. The van der Waals surface area contributed by atoms with Crippen molar-refractivity contribution in [3.05, 3.63) is 59.9 Å². The van der Waals surface area contributed by atoms with E-state index in [1.807, 2.05) is 30.3 Å². The number of rotatable bonds is 4. The molecule has 2 aromatic rings. The molecule has 3 rings (SSSR count). The predicted octanol–water partition coefficient (Wildman–Crippen LogP) is 1.91. The Labute approximate surface area is 135 Å². The fourth-order valence-electron chi connectivity index (χ4n) is 3.07. The van der Waals surface area contributed by atoms with E-state index in [2.05, 4.69) is 4.98 Å². The number of pyridine rings is 1. The van der Waals surface area contributed by atoms with Crippen LogP contribution in [0.15, 0.2) is 48.8 Å². The number of hydrogen-bond acceptors (Lipinski definition) is 4. The third-order valence-corrected chi connectivity index (χ3v) is 4.29. The first-order valence-electron chi connectivity index (χ1n) is 7.71. The van der Waals surface area contributed by atoms with Gasteiger partial charge in [-0.25, -0.2) is 0 Å². The summed E-state index contributed by atoms with van der Waals surface area (Å²) in [5.74, 6) is 0.332. The summed E-state index contributed by atoms with van der Waals surface area (Å²) < 4.78 is 5.23. The molecule has 1 aromatic heterocycles. The number of likely N-dealkylation sites (tertiary alicyclic amines) is 1. The molecule has 1 fully saturated rings. The number of amides is 1. The fraction of sp³-hybridized carbons (Fsp3) is 0.333. The van der Waals surface area contributed by atoms with Crippen LogP contribution in [0.1, 0.15) is 22.3 Å². The Bertz CT molecular complexity index is 675. The number of benzene rings is 1. The first kappa shape index (κ1) is 15.5. The monoisotopic (exact) mass is 312 g/mol. The lowest BCUT2D eigenvalue weighted by Crippen LogP contribution is -2.41. The third-order valence-electron chi connectivity index (χ3n) is 4.29. The predicted molar refractivity (Wildman–Crippen MR) is 86.4 cm³/mol. The second kappa shape index (κ2) is 6.79. The number of nitrogens with zero attached hydrogens (tertiary/aromatic N) is 2. The van der Waals surface area contributed by atoms with Crippen LogP contribution in [-0.4, -0.2) is 46.7 Å². The molecular formula is C18H20N2O3. The smallest absolute Gasteiger partial charge is 0.258 e. The van der Waals surface area contributed by atoms with Crippen LogP contribution in [0, 0.1) is 0 Å². The van der Waals surface area contributed by atoms with E-state index in [-0.39, 0.29) is 11.9 Å². The van der Waals surface area contributed by atoms with Crippen LogP contribution in [0.2, 0.25) is 0 Å². The number of aliphatic hydroxyl groups excluding tert-OH is 1. The van der Waals surface area contributed by atoms with Gasteiger partial charge in [0.25, 0.3) is 5.91 Å². The Hall–Kier alpha value is -2.40. The molecule has 1 saturated heterocycles. The molecule has 2 atom stereocenters. The highest BCUT2D eigenvalue weighted by Crippen LogP contribution is 2.26. The van der Waals surface area contributed by atoms with Gasteiger partial charge in [-0.1, -0.05) is 30.3 Å². The Balaban J connectivity index is 1.84. The molecule has 1 aliphatic heterocycles. The van der Waals surface area contributed by atoms with E-state index in [9.17, 15) is 9.90 Å². The average Bonchev–Trinajstić information content (AvgIpc) is 2.96. The molecule has 1 aromatic carbocycles. The van der Waals surface area contributed by atoms with E-state index in [1.165, 1.54) is 13.3 Å². The summed E-state index contributed by atoms with van der Waals surface area (Å²) in [7, 11) is 1.52. The van der Waals surface area contributed by atoms with Crippen molar-refractivity contribution < 1.29 is 14.6 Å². The Morgan fingerprint density at radius 1 is 1.35 bits per heavy atom. The number of carbonyl (C=O) groups excluding carboxylic acids is 1. The topological polar surface area (TPSA) is 62.7 Å². The zero-order valence-corrected chi connectivity index (χ0v) is 13.1. The largest absolute Gasteiger partial charge is 0.494 e. The molecule has 23 heavy (non-hydrogen) atoms. The van der Waals surface area contributed by atoms with Crippen LogP contribution in [0.4, 0.5) is 0 Å². The molecule has 0 aliphatic carbocycles. The van der Waals surface area contributed by atoms with Gasteiger partial charge in [0, 0.05) is 12.7 Å². The van der Waals surface area contributed by atoms with E-state index in [1.54, 1.807) is 17.2 Å². The van der Waals surface area contributed by atoms with Gasteiger partial charge in [0.05, 0.1) is 31.0 Å². The maximum absolute atomic E-state index is 12.9. The van der Waals surface area contributed by atoms with Crippen LogP contribution < -0.4 is 4.74 Å². The standard InChI is InChI=1S/C18H20N2O3/c1-23-17-12-19-9-7-14(17)18(22)20-10-8-16(21)15(20)11-13-5-3-2-4-6-13/h2-7,9,12,15-16,21H,8,10-11H2,1H3/t15-,16-/m0/s1. The molecule has 5 heteroatoms. The van der Waals surface area contributed by atoms with E-state index in [0.29, 0.717) is 30.7 Å². The molecule has 5 nitrogen and oxygen atoms in total. The zero-order valence-electron chi connectivity index (χ0n) is 13.1. The number of ether oxygens (including phenoxy) is 1. The van der Waals surface area contributed by atoms with Gasteiger partial charge in [0.15, 0.2) is 0 Å². The molecule has 0 unspecified atom stereocenters. The van der Waals surface area contributed by atoms with E-state index in [0.717, 1.165) is 5.56 Å². The van der Waals surface area contributed by atoms with Crippen LogP contribution in [-0.2, 0) is 6.42 Å². The molecule has 0 radical (unpaired) electrons. The normalized spacial score (nSPS) is 20.5. The van der Waals surface area contributed by atoms with Gasteiger partial charge in [-0.2, -0.15) is 0 Å². The third kappa shape index (κ3) is 3.19. The van der Waals surface area contributed by atoms with Crippen molar-refractivity contribution in [1.82, 2.24) is 9.88 Å². The quantitative estimate of drug-likeness (QED) is 0.937. The first-order chi connectivity index (χ1) is 11.2. The number of aromatic nitrogens is 1. The molecule has 1 N–H and O–H groups in total. The van der Waals surface area contributed by atoms with Crippen LogP contribution in [0.25, 0.3) is 0 Å². The Kier molecular flexibility index (Phi) is 4.57. The van der Waals surface area contributed by atoms with Gasteiger partial charge < -0.3 is 14.7 Å². The SMILES string of the molecule is COc1cnccc1C(=O)N1CC[C@H](O)[C@@H]1Cc1ccccc1. The number of methoxy groups -OCH3 is 1. The molecule has 120 valence electrons. The summed E-state index contributed by atoms with van der Waals surface area (Å²) in [5, 5.41) is 10.3. The Morgan fingerprint density at radius 3 is 2.87 bits per heavy atom. The zero-order chi connectivity index (χ0) is 16.2. The molecule has 2 heterocycles. The van der Waals surface area contributed by atoms with Gasteiger partial charge in [0.1, 0.15) is 5.75 Å². The minimum atomic E-state index is -0.507. The summed E-state index contributed by atoms with van der Waals surface area (Å²) in [6.07, 6.45) is 3.84. The molecule has 1 aliphatic rings. The number of hydrogen-bond donors (Lipinski definition) is 1. The highest BCUT2D eigenvalue weighted by atomic mass is 16.5. The molecule has 0 saturated carbocycles. The van der Waals surface area contributed by atoms with E-state index < -0.39 is 6.10 Å². The minimum Gasteiger partial charge on any atom is -0.494 e. The van der Waals surface area contributed by atoms with Crippen molar-refractivity contribution in [3.8, 4) is 5.75 Å². The molecule has 0 bridgehead atoms. The second-order valence-corrected chi connectivity index (χ2v) is 5.69. The van der Waals surface area contributed by atoms with Crippen molar-refractivity contribution in [3.63, 3.8) is 0 Å². The first-order valence-corrected chi connectivity index (χ1v) is 7.71. The lowest BCUT2D eigenvalue weighted by molar-refractivity contribution is 0.0636. The summed E-state index contributed by atoms with van der Waals surface area (Å²) in [5.41, 5.74) is 1.59. The van der Waals surface area contributed by atoms with Crippen LogP contribution in [0.5, 0.6) is 5.75 Å². The summed E-state index contributed by atoms with van der Waals surface area (Å²) in [6.45, 7) is 0.545. The van der Waals surface area contributed by atoms with Gasteiger partial charge in [-0.3, -0.25) is 9.78 Å². The second-order valence-electron chi connectivity index (χ2n) is 5.69. The number of carbonyl (C=O) groups is 1. The maximum atomic E-state index is 12.9. The molecular weight excluding hydrogens is 292 g/mol. The summed E-state index contributed by atoms with van der Waals surface area (Å²) in [4.78, 5) is 18.6. The van der Waals surface area contributed by atoms with Gasteiger partial charge in [-0.05, 0) is 24.5 Å². The van der Waals surface area contributed by atoms with Crippen molar-refractivity contribution in [1.29, 1.82) is 0 Å². The molecule has 1 amide bonds. The van der Waals surface area contributed by atoms with Gasteiger partial charge >= 0.3 is 0 Å². The van der Waals surface area contributed by atoms with Crippen molar-refractivity contribution in [2.45, 2.75) is 25.0 Å². The van der Waals surface area contributed by atoms with Crippen molar-refractivity contribution >= 4 is 5.91 Å². The molecule has 0 spiro atoms. The van der Waals surface area contributed by atoms with Crippen molar-refractivity contribution in [2.75, 3.05) is 13.7 Å². The van der Waals surface area contributed by atoms with E-state index >= 15 is 0 Å². The highest BCUT2D eigenvalue weighted by molar-refractivity contribution is 5.97. The highest BCUT2D eigenvalue weighted by Gasteiger charge is 2.37. The van der Waals surface area contributed by atoms with Gasteiger partial charge in [-0.15, -0.1) is 0 Å². The minimum absolute atomic E-state index is 0.123. The lowest BCUT2D eigenvalue weighted by Gasteiger charge is -2.27. The fourth-order valence-corrected chi connectivity index (χ4v) is 3.07. The van der Waals surface area contributed by atoms with Crippen molar-refractivity contribution in [2.24, 2.45) is 0 Å². The average molecular weight is 312 g/mol. The summed E-state index contributed by atoms with van der Waals surface area (Å²) in [6, 6.07) is 11.4. The number of aliphatic hydroxyl groups is 1. The van der Waals surface area contributed by atoms with Crippen LogP contribution >= 0.6 is 0 Å². The maximum Gasteiger partial charge on any atom is 0.258 e. The van der Waals surface area contributed by atoms with Crippen LogP contribution in [0.3, 0.4) is 0 Å².